The third kappa shape index (κ3) is 6.09. The van der Waals surface area contributed by atoms with E-state index in [0.717, 1.165) is 44.6 Å². The summed E-state index contributed by atoms with van der Waals surface area (Å²) in [6, 6.07) is 1.94. The smallest absolute Gasteiger partial charge is 0.246 e. The second-order valence-electron chi connectivity index (χ2n) is 7.27. The van der Waals surface area contributed by atoms with Crippen LogP contribution in [0.15, 0.2) is 43.1 Å². The van der Waals surface area contributed by atoms with Crippen molar-refractivity contribution in [3.8, 4) is 0 Å². The number of anilines is 2. The molecule has 3 heterocycles. The number of carbonyl (C=O) groups is 1. The molecule has 28 heavy (non-hydrogen) atoms. The van der Waals surface area contributed by atoms with Crippen molar-refractivity contribution in [2.45, 2.75) is 19.3 Å². The molecule has 2 aromatic heterocycles. The molecule has 3 rings (SSSR count). The fourth-order valence-electron chi connectivity index (χ4n) is 3.27. The van der Waals surface area contributed by atoms with Gasteiger partial charge in [-0.1, -0.05) is 6.08 Å². The van der Waals surface area contributed by atoms with E-state index >= 15 is 0 Å². The summed E-state index contributed by atoms with van der Waals surface area (Å²) in [4.78, 5) is 33.3. The minimum Gasteiger partial charge on any atom is -0.339 e. The number of hydrogen-bond acceptors (Lipinski definition) is 7. The van der Waals surface area contributed by atoms with Gasteiger partial charge in [-0.3, -0.25) is 9.78 Å². The molecule has 1 aliphatic heterocycles. The number of amides is 1. The highest BCUT2D eigenvalue weighted by molar-refractivity contribution is 5.87. The van der Waals surface area contributed by atoms with Crippen molar-refractivity contribution in [2.24, 2.45) is 5.92 Å². The molecule has 8 heteroatoms. The first kappa shape index (κ1) is 19.9. The van der Waals surface area contributed by atoms with Crippen LogP contribution in [0.3, 0.4) is 0 Å². The molecule has 0 bridgehead atoms. The molecular formula is C20H27N7O. The van der Waals surface area contributed by atoms with E-state index < -0.39 is 0 Å². The van der Waals surface area contributed by atoms with Crippen LogP contribution in [0.1, 0.15) is 18.5 Å². The molecular weight excluding hydrogens is 354 g/mol. The maximum absolute atomic E-state index is 12.4. The third-order valence-electron chi connectivity index (χ3n) is 4.60. The lowest BCUT2D eigenvalue weighted by Gasteiger charge is -2.32. The van der Waals surface area contributed by atoms with Gasteiger partial charge in [-0.15, -0.1) is 0 Å². The number of likely N-dealkylation sites (N-methyl/N-ethyl adjacent to an activating group) is 1. The predicted molar refractivity (Wildman–Crippen MR) is 108 cm³/mol. The van der Waals surface area contributed by atoms with E-state index in [1.165, 1.54) is 0 Å². The Kier molecular flexibility index (Phi) is 7.02. The lowest BCUT2D eigenvalue weighted by molar-refractivity contribution is -0.127. The molecule has 1 N–H and O–H groups in total. The molecule has 2 aromatic rings. The average Bonchev–Trinajstić information content (AvgIpc) is 2.69. The minimum atomic E-state index is 0.0965. The zero-order chi connectivity index (χ0) is 19.8. The van der Waals surface area contributed by atoms with Crippen LogP contribution < -0.4 is 5.32 Å². The summed E-state index contributed by atoms with van der Waals surface area (Å²) in [5.41, 5.74) is 0.962. The molecule has 8 nitrogen and oxygen atoms in total. The lowest BCUT2D eigenvalue weighted by Crippen LogP contribution is -2.39. The van der Waals surface area contributed by atoms with E-state index in [9.17, 15) is 4.79 Å². The van der Waals surface area contributed by atoms with Crippen LogP contribution in [0.2, 0.25) is 0 Å². The highest BCUT2D eigenvalue weighted by Crippen LogP contribution is 2.21. The molecule has 0 spiro atoms. The van der Waals surface area contributed by atoms with Gasteiger partial charge in [0.25, 0.3) is 0 Å². The fraction of sp³-hybridized carbons (Fsp3) is 0.450. The van der Waals surface area contributed by atoms with Gasteiger partial charge in [0.05, 0.1) is 6.20 Å². The van der Waals surface area contributed by atoms with Gasteiger partial charge in [0.15, 0.2) is 0 Å². The molecule has 0 radical (unpaired) electrons. The second-order valence-corrected chi connectivity index (χ2v) is 7.27. The summed E-state index contributed by atoms with van der Waals surface area (Å²) in [5, 5.41) is 3.14. The van der Waals surface area contributed by atoms with Crippen molar-refractivity contribution in [1.29, 1.82) is 0 Å². The van der Waals surface area contributed by atoms with Gasteiger partial charge < -0.3 is 15.1 Å². The quantitative estimate of drug-likeness (QED) is 0.733. The molecule has 1 unspecified atom stereocenters. The summed E-state index contributed by atoms with van der Waals surface area (Å²) in [7, 11) is 3.97. The molecule has 1 amide bonds. The molecule has 1 saturated heterocycles. The SMILES string of the molecule is CN(C)C/C=C/C(=O)N1CCCC(Cc2cc(Nc3cnccn3)ncn2)C1. The number of aromatic nitrogens is 4. The third-order valence-corrected chi connectivity index (χ3v) is 4.60. The van der Waals surface area contributed by atoms with Crippen molar-refractivity contribution < 1.29 is 4.79 Å². The number of carbonyl (C=O) groups excluding carboxylic acids is 1. The largest absolute Gasteiger partial charge is 0.339 e. The van der Waals surface area contributed by atoms with Crippen molar-refractivity contribution in [1.82, 2.24) is 29.7 Å². The monoisotopic (exact) mass is 381 g/mol. The maximum atomic E-state index is 12.4. The van der Waals surface area contributed by atoms with E-state index in [0.29, 0.717) is 17.6 Å². The Hall–Kier alpha value is -2.87. The molecule has 0 aliphatic carbocycles. The molecule has 1 atom stereocenters. The van der Waals surface area contributed by atoms with Crippen LogP contribution >= 0.6 is 0 Å². The van der Waals surface area contributed by atoms with Gasteiger partial charge in [-0.25, -0.2) is 15.0 Å². The van der Waals surface area contributed by atoms with Gasteiger partial charge in [0.2, 0.25) is 5.91 Å². The van der Waals surface area contributed by atoms with Crippen LogP contribution in [0.4, 0.5) is 11.6 Å². The van der Waals surface area contributed by atoms with Crippen molar-refractivity contribution in [3.05, 3.63) is 48.8 Å². The molecule has 0 aromatic carbocycles. The first-order valence-electron chi connectivity index (χ1n) is 9.54. The standard InChI is InChI=1S/C20H27N7O/c1-26(2)9-4-6-20(28)27-10-3-5-16(14-27)11-17-12-18(24-15-23-17)25-19-13-21-7-8-22-19/h4,6-8,12-13,15-16H,3,5,9-11,14H2,1-2H3,(H,22,23,24,25)/b6-4+. The summed E-state index contributed by atoms with van der Waals surface area (Å²) in [6.07, 6.45) is 13.0. The fourth-order valence-corrected chi connectivity index (χ4v) is 3.27. The number of rotatable bonds is 7. The van der Waals surface area contributed by atoms with Crippen LogP contribution in [0, 0.1) is 5.92 Å². The molecule has 1 aliphatic rings. The van der Waals surface area contributed by atoms with E-state index in [2.05, 4.69) is 25.3 Å². The number of nitrogens with one attached hydrogen (secondary N) is 1. The summed E-state index contributed by atoms with van der Waals surface area (Å²) in [6.45, 7) is 2.36. The van der Waals surface area contributed by atoms with Gasteiger partial charge in [0.1, 0.15) is 18.0 Å². The molecule has 0 saturated carbocycles. The van der Waals surface area contributed by atoms with Crippen molar-refractivity contribution in [3.63, 3.8) is 0 Å². The summed E-state index contributed by atoms with van der Waals surface area (Å²) < 4.78 is 0. The first-order valence-corrected chi connectivity index (χ1v) is 9.54. The average molecular weight is 381 g/mol. The number of hydrogen-bond donors (Lipinski definition) is 1. The van der Waals surface area contributed by atoms with Crippen molar-refractivity contribution in [2.75, 3.05) is 39.0 Å². The van der Waals surface area contributed by atoms with Gasteiger partial charge in [-0.05, 0) is 39.3 Å². The van der Waals surface area contributed by atoms with Gasteiger partial charge >= 0.3 is 0 Å². The Morgan fingerprint density at radius 2 is 2.18 bits per heavy atom. The number of likely N-dealkylation sites (tertiary alicyclic amines) is 1. The van der Waals surface area contributed by atoms with E-state index in [1.807, 2.05) is 36.0 Å². The Morgan fingerprint density at radius 3 is 2.96 bits per heavy atom. The number of piperidine rings is 1. The van der Waals surface area contributed by atoms with Crippen LogP contribution in [-0.4, -0.2) is 69.4 Å². The molecule has 148 valence electrons. The van der Waals surface area contributed by atoms with Crippen LogP contribution in [0.5, 0.6) is 0 Å². The maximum Gasteiger partial charge on any atom is 0.246 e. The Morgan fingerprint density at radius 1 is 1.29 bits per heavy atom. The van der Waals surface area contributed by atoms with Gasteiger partial charge in [0, 0.05) is 49.9 Å². The number of nitrogens with zero attached hydrogens (tertiary/aromatic N) is 6. The Balaban J connectivity index is 1.57. The highest BCUT2D eigenvalue weighted by Gasteiger charge is 2.23. The van der Waals surface area contributed by atoms with Crippen molar-refractivity contribution >= 4 is 17.5 Å². The Bertz CT molecular complexity index is 794. The highest BCUT2D eigenvalue weighted by atomic mass is 16.2. The van der Waals surface area contributed by atoms with E-state index in [4.69, 9.17) is 0 Å². The lowest BCUT2D eigenvalue weighted by atomic mass is 9.93. The van der Waals surface area contributed by atoms with E-state index in [1.54, 1.807) is 31.0 Å². The zero-order valence-corrected chi connectivity index (χ0v) is 16.5. The van der Waals surface area contributed by atoms with Crippen LogP contribution in [-0.2, 0) is 11.2 Å². The molecule has 1 fully saturated rings. The predicted octanol–water partition coefficient (Wildman–Crippen LogP) is 1.91. The second kappa shape index (κ2) is 9.89. The normalized spacial score (nSPS) is 17.2. The van der Waals surface area contributed by atoms with Gasteiger partial charge in [-0.2, -0.15) is 0 Å². The zero-order valence-electron chi connectivity index (χ0n) is 16.5. The topological polar surface area (TPSA) is 87.1 Å². The Labute approximate surface area is 165 Å². The first-order chi connectivity index (χ1) is 13.6. The summed E-state index contributed by atoms with van der Waals surface area (Å²) >= 11 is 0. The van der Waals surface area contributed by atoms with E-state index in [-0.39, 0.29) is 5.91 Å². The minimum absolute atomic E-state index is 0.0965. The van der Waals surface area contributed by atoms with Crippen LogP contribution in [0.25, 0.3) is 0 Å². The summed E-state index contributed by atoms with van der Waals surface area (Å²) in [5.74, 6) is 1.84.